The van der Waals surface area contributed by atoms with Crippen LogP contribution in [0.3, 0.4) is 0 Å². The van der Waals surface area contributed by atoms with Crippen molar-refractivity contribution in [2.75, 3.05) is 51.3 Å². The molecule has 22 heteroatoms. The smallest absolute Gasteiger partial charge is 0.446 e. The fourth-order valence-corrected chi connectivity index (χ4v) is 12.6. The lowest BCUT2D eigenvalue weighted by Gasteiger charge is -2.28. The molecule has 82 heavy (non-hydrogen) atoms. The Bertz CT molecular complexity index is 2430. The van der Waals surface area contributed by atoms with Crippen LogP contribution in [-0.2, 0) is 44.2 Å². The minimum Gasteiger partial charge on any atom is -0.481 e. The van der Waals surface area contributed by atoms with E-state index in [4.69, 9.17) is 19.7 Å². The fourth-order valence-electron chi connectivity index (χ4n) is 9.00. The van der Waals surface area contributed by atoms with Gasteiger partial charge in [-0.3, -0.25) is 9.59 Å². The van der Waals surface area contributed by atoms with Crippen LogP contribution in [0.15, 0.2) is 91.0 Å². The third kappa shape index (κ3) is 38.1. The van der Waals surface area contributed by atoms with Crippen LogP contribution >= 0.6 is 7.92 Å². The summed E-state index contributed by atoms with van der Waals surface area (Å²) in [6, 6.07) is 32.8. The predicted molar refractivity (Wildman–Crippen MR) is 335 cm³/mol. The second-order valence-corrected chi connectivity index (χ2v) is 29.9. The summed E-state index contributed by atoms with van der Waals surface area (Å²) < 4.78 is 104. The van der Waals surface area contributed by atoms with Crippen LogP contribution in [0, 0.1) is 41.4 Å². The largest absolute Gasteiger partial charge is 0.481 e. The molecule has 1 saturated heterocycles. The molecule has 4 N–H and O–H groups in total. The average Bonchev–Trinajstić information content (AvgIpc) is 4.17. The van der Waals surface area contributed by atoms with Gasteiger partial charge in [-0.15, -0.1) is 0 Å². The number of carboxylic acids is 1. The van der Waals surface area contributed by atoms with Gasteiger partial charge in [0.15, 0.2) is 0 Å². The number of alkyl halides is 3. The van der Waals surface area contributed by atoms with E-state index >= 15 is 0 Å². The number of halogens is 3. The van der Waals surface area contributed by atoms with E-state index in [0.29, 0.717) is 42.9 Å². The number of hydrogen-bond donors (Lipinski definition) is 4. The summed E-state index contributed by atoms with van der Waals surface area (Å²) in [5.41, 5.74) is -0.693. The highest BCUT2D eigenvalue weighted by Gasteiger charge is 2.34. The maximum Gasteiger partial charge on any atom is 0.446 e. The molecule has 3 saturated carbocycles. The molecule has 7 rings (SSSR count). The van der Waals surface area contributed by atoms with Crippen LogP contribution in [0.2, 0.25) is 0 Å². The molecule has 1 aliphatic heterocycles. The van der Waals surface area contributed by atoms with Crippen molar-refractivity contribution in [3.63, 3.8) is 0 Å². The Kier molecular flexibility index (Phi) is 42.4. The molecular formula is C60H105F3N3O12PS3. The zero-order valence-electron chi connectivity index (χ0n) is 47.5. The number of hydrogen-bond acceptors (Lipinski definition) is 12. The van der Waals surface area contributed by atoms with Crippen molar-refractivity contribution in [3.05, 3.63) is 91.0 Å². The second-order valence-electron chi connectivity index (χ2n) is 21.7. The first-order valence-corrected chi connectivity index (χ1v) is 33.8. The van der Waals surface area contributed by atoms with Crippen molar-refractivity contribution in [3.8, 4) is 0 Å². The molecule has 476 valence electrons. The predicted octanol–water partition coefficient (Wildman–Crippen LogP) is 11.5. The number of sulfone groups is 1. The zero-order valence-corrected chi connectivity index (χ0v) is 50.8. The molecule has 15 nitrogen and oxygen atoms in total. The van der Waals surface area contributed by atoms with Gasteiger partial charge in [-0.25, -0.2) is 39.1 Å². The van der Waals surface area contributed by atoms with E-state index < -0.39 is 67.9 Å². The Morgan fingerprint density at radius 1 is 0.659 bits per heavy atom. The number of benzene rings is 3. The summed E-state index contributed by atoms with van der Waals surface area (Å²) in [4.78, 5) is 31.1. The number of amides is 1. The topological polar surface area (TPSA) is 231 Å². The molecular weight excluding hydrogens is 1140 g/mol. The number of aldehydes is 1. The minimum atomic E-state index is -4.64. The van der Waals surface area contributed by atoms with Gasteiger partial charge in [-0.1, -0.05) is 174 Å². The van der Waals surface area contributed by atoms with E-state index in [9.17, 15) is 48.0 Å². The average molecular weight is 1240 g/mol. The Labute approximate surface area is 495 Å². The van der Waals surface area contributed by atoms with Gasteiger partial charge in [0.05, 0.1) is 18.4 Å². The summed E-state index contributed by atoms with van der Waals surface area (Å²) in [6.07, 6.45) is 9.28. The molecule has 0 spiro atoms. The van der Waals surface area contributed by atoms with Crippen molar-refractivity contribution in [1.82, 2.24) is 14.3 Å². The number of nitrogens with one attached hydrogen (secondary N) is 2. The summed E-state index contributed by atoms with van der Waals surface area (Å²) in [5.74, 6) is 2.27. The molecule has 0 radical (unpaired) electrons. The molecule has 8 unspecified atom stereocenters. The fraction of sp³-hybridized carbons (Fsp3) is 0.650. The first kappa shape index (κ1) is 84.5. The maximum absolute atomic E-state index is 12.0. The number of carbonyl (C=O) groups excluding carboxylic acids is 2. The molecule has 8 atom stereocenters. The van der Waals surface area contributed by atoms with Gasteiger partial charge in [0.25, 0.3) is 0 Å². The van der Waals surface area contributed by atoms with Crippen LogP contribution < -0.4 is 26.0 Å². The van der Waals surface area contributed by atoms with Crippen LogP contribution in [0.5, 0.6) is 0 Å². The number of aliphatic hydroxyl groups is 1. The first-order chi connectivity index (χ1) is 36.1. The monoisotopic (exact) mass is 1240 g/mol. The Balaban J connectivity index is -0.000000451. The number of aliphatic carboxylic acids is 1. The van der Waals surface area contributed by atoms with E-state index in [0.717, 1.165) is 80.5 Å². The normalized spacial score (nSPS) is 21.7. The van der Waals surface area contributed by atoms with Crippen molar-refractivity contribution < 1.29 is 67.8 Å². The van der Waals surface area contributed by atoms with Gasteiger partial charge in [-0.2, -0.15) is 13.2 Å². The lowest BCUT2D eigenvalue weighted by atomic mass is 9.98. The number of carbonyl (C=O) groups is 3. The van der Waals surface area contributed by atoms with Gasteiger partial charge in [0.1, 0.15) is 15.4 Å². The van der Waals surface area contributed by atoms with Crippen molar-refractivity contribution in [1.29, 1.82) is 0 Å². The number of rotatable bonds is 11. The number of nitrogens with zero attached hydrogens (tertiary/aromatic N) is 1. The van der Waals surface area contributed by atoms with E-state index in [1.165, 1.54) is 41.4 Å². The van der Waals surface area contributed by atoms with Crippen molar-refractivity contribution in [2.24, 2.45) is 41.4 Å². The van der Waals surface area contributed by atoms with Crippen LogP contribution in [0.4, 0.5) is 18.0 Å². The number of sulfonamides is 2. The third-order valence-corrected chi connectivity index (χ3v) is 17.6. The third-order valence-electron chi connectivity index (χ3n) is 13.4. The van der Waals surface area contributed by atoms with E-state index in [2.05, 4.69) is 122 Å². The molecule has 3 aromatic carbocycles. The highest BCUT2D eigenvalue weighted by Crippen LogP contribution is 2.34. The molecule has 3 aromatic rings. The van der Waals surface area contributed by atoms with Crippen molar-refractivity contribution >= 4 is 72.1 Å². The summed E-state index contributed by atoms with van der Waals surface area (Å²) in [7, 11) is -9.71. The molecule has 0 aromatic heterocycles. The molecule has 4 aliphatic rings. The Morgan fingerprint density at radius 2 is 1.04 bits per heavy atom. The molecule has 4 fully saturated rings. The molecule has 0 bridgehead atoms. The maximum atomic E-state index is 12.0. The summed E-state index contributed by atoms with van der Waals surface area (Å²) in [6.45, 7) is 15.8. The highest BCUT2D eigenvalue weighted by atomic mass is 32.2. The SMILES string of the molecule is C.C.C.C.CC1CCCC1C(=O)O.CC1CCCC1CN(C(=O)OC(C)(C)C)S(C)(=O)=O.CC1CCCC1CO.CC1NCCC1CNS(C)(=O)=O.CS(C)(=O)=O.O=CC(F)(F)F.c1ccc(P(c2ccccc2)c2ccccc2)cc1. The van der Waals surface area contributed by atoms with Gasteiger partial charge >= 0.3 is 18.2 Å². The van der Waals surface area contributed by atoms with Crippen LogP contribution in [0.25, 0.3) is 0 Å². The minimum absolute atomic E-state index is 0. The summed E-state index contributed by atoms with van der Waals surface area (Å²) in [5, 5.41) is 24.8. The second kappa shape index (κ2) is 41.1. The standard InChI is InChI=1S/C18H15P.C13H25NO4S.C7H16N2O2S.C7H12O2.C7H14O.C2HF3O.C2H6O2S.4CH4/c1-4-10-16(11-5-1)19(17-12-6-2-7-13-17)18-14-8-3-9-15-18;1-10-7-6-8-11(10)9-14(19(5,16)17)12(15)18-13(2,3)4;1-6-7(3-4-8-6)5-9-12(2,10)11;1-5-3-2-4-6(5)7(8)9;1-6-3-2-4-7(6)5-8;3-2(4,5)1-6;1-5(2,3)4;;;;/h1-15H;10-11H,6-9H2,1-5H3;6-9H,3-5H2,1-2H3;5-6H,2-4H2,1H3,(H,8,9);6-8H,2-5H2,1H3;1H;1-2H3;4*1H4. The quantitative estimate of drug-likeness (QED) is 0.104. The molecule has 1 amide bonds. The van der Waals surface area contributed by atoms with Crippen molar-refractivity contribution in [2.45, 2.75) is 160 Å². The summed E-state index contributed by atoms with van der Waals surface area (Å²) >= 11 is 0. The van der Waals surface area contributed by atoms with Gasteiger partial charge in [-0.05, 0) is 126 Å². The van der Waals surface area contributed by atoms with Crippen LogP contribution in [0.1, 0.15) is 142 Å². The first-order valence-electron chi connectivity index (χ1n) is 26.4. The zero-order chi connectivity index (χ0) is 59.5. The lowest BCUT2D eigenvalue weighted by Crippen LogP contribution is -2.43. The number of carboxylic acid groups (broad SMARTS) is 1. The van der Waals surface area contributed by atoms with Gasteiger partial charge in [0, 0.05) is 38.2 Å². The van der Waals surface area contributed by atoms with Gasteiger partial charge in [0.2, 0.25) is 26.3 Å². The van der Waals surface area contributed by atoms with Gasteiger partial charge < -0.3 is 20.3 Å². The highest BCUT2D eigenvalue weighted by molar-refractivity contribution is 7.90. The number of aliphatic hydroxyl groups excluding tert-OH is 1. The van der Waals surface area contributed by atoms with Crippen LogP contribution in [-0.4, -0.2) is 127 Å². The van der Waals surface area contributed by atoms with E-state index in [-0.39, 0.29) is 48.1 Å². The Morgan fingerprint density at radius 3 is 1.28 bits per heavy atom. The van der Waals surface area contributed by atoms with E-state index in [1.807, 2.05) is 6.92 Å². The molecule has 3 aliphatic carbocycles. The molecule has 1 heterocycles. The van der Waals surface area contributed by atoms with E-state index in [1.54, 1.807) is 20.8 Å². The Hall–Kier alpha value is -3.98. The lowest BCUT2D eigenvalue weighted by molar-refractivity contribution is -0.156. The number of ether oxygens (including phenoxy) is 1.